The number of aliphatic carboxylic acids is 1. The maximum atomic E-state index is 11.6. The molecule has 1 aliphatic rings. The average Bonchev–Trinajstić information content (AvgIpc) is 2.20. The van der Waals surface area contributed by atoms with E-state index >= 15 is 0 Å². The Morgan fingerprint density at radius 2 is 2.12 bits per heavy atom. The number of carboxylic acids is 1. The van der Waals surface area contributed by atoms with Crippen LogP contribution in [0.5, 0.6) is 0 Å². The molecular weight excluding hydrogens is 212 g/mol. The highest BCUT2D eigenvalue weighted by atomic mass is 16.5. The van der Waals surface area contributed by atoms with Gasteiger partial charge in [-0.15, -0.1) is 0 Å². The van der Waals surface area contributed by atoms with Crippen molar-refractivity contribution < 1.29 is 19.4 Å². The number of carbonyl (C=O) groups excluding carboxylic acids is 1. The van der Waals surface area contributed by atoms with Crippen molar-refractivity contribution in [3.8, 4) is 0 Å². The van der Waals surface area contributed by atoms with Gasteiger partial charge in [0.05, 0.1) is 19.1 Å². The van der Waals surface area contributed by atoms with Crippen LogP contribution in [-0.2, 0) is 14.3 Å². The fourth-order valence-corrected chi connectivity index (χ4v) is 1.65. The summed E-state index contributed by atoms with van der Waals surface area (Å²) in [6.07, 6.45) is 0.599. The van der Waals surface area contributed by atoms with Gasteiger partial charge in [0.1, 0.15) is 12.2 Å². The third kappa shape index (κ3) is 2.93. The van der Waals surface area contributed by atoms with Crippen molar-refractivity contribution in [2.45, 2.75) is 31.9 Å². The number of amides is 1. The number of hydrogen-bond acceptors (Lipinski definition) is 4. The molecule has 0 spiro atoms. The Bertz CT molecular complexity index is 287. The second kappa shape index (κ2) is 4.80. The van der Waals surface area contributed by atoms with Gasteiger partial charge in [0.15, 0.2) is 0 Å². The highest BCUT2D eigenvalue weighted by molar-refractivity contribution is 5.82. The van der Waals surface area contributed by atoms with Crippen LogP contribution in [0.3, 0.4) is 0 Å². The lowest BCUT2D eigenvalue weighted by molar-refractivity contribution is -0.174. The van der Waals surface area contributed by atoms with Crippen LogP contribution in [0.4, 0.5) is 0 Å². The van der Waals surface area contributed by atoms with Gasteiger partial charge in [-0.3, -0.25) is 4.79 Å². The van der Waals surface area contributed by atoms with Gasteiger partial charge in [0.25, 0.3) is 0 Å². The van der Waals surface area contributed by atoms with Crippen LogP contribution in [0, 0.1) is 0 Å². The zero-order valence-corrected chi connectivity index (χ0v) is 9.60. The fraction of sp³-hybridized carbons (Fsp3) is 0.800. The summed E-state index contributed by atoms with van der Waals surface area (Å²) < 4.78 is 5.19. The van der Waals surface area contributed by atoms with E-state index in [-0.39, 0.29) is 12.5 Å². The molecule has 92 valence electrons. The largest absolute Gasteiger partial charge is 0.480 e. The molecule has 0 aromatic carbocycles. The summed E-state index contributed by atoms with van der Waals surface area (Å²) in [5.74, 6) is -1.10. The fourth-order valence-electron chi connectivity index (χ4n) is 1.65. The van der Waals surface area contributed by atoms with Crippen molar-refractivity contribution in [2.75, 3.05) is 19.7 Å². The SMILES string of the molecule is CC[C@@H](N)C(=O)N1CC(C)(OCC(=O)O)C1. The Labute approximate surface area is 94.3 Å². The minimum atomic E-state index is -1.00. The Morgan fingerprint density at radius 3 is 2.56 bits per heavy atom. The van der Waals surface area contributed by atoms with Crippen LogP contribution in [-0.4, -0.2) is 53.2 Å². The van der Waals surface area contributed by atoms with Crippen molar-refractivity contribution in [1.82, 2.24) is 4.90 Å². The highest BCUT2D eigenvalue weighted by Crippen LogP contribution is 2.25. The van der Waals surface area contributed by atoms with Gasteiger partial charge in [0.2, 0.25) is 5.91 Å². The first-order valence-electron chi connectivity index (χ1n) is 5.28. The molecule has 1 rings (SSSR count). The minimum absolute atomic E-state index is 0.0982. The summed E-state index contributed by atoms with van der Waals surface area (Å²) >= 11 is 0. The quantitative estimate of drug-likeness (QED) is 0.659. The number of hydrogen-bond donors (Lipinski definition) is 2. The van der Waals surface area contributed by atoms with Crippen molar-refractivity contribution in [1.29, 1.82) is 0 Å². The Morgan fingerprint density at radius 1 is 1.56 bits per heavy atom. The first-order chi connectivity index (χ1) is 7.38. The molecule has 1 atom stereocenters. The Hall–Kier alpha value is -1.14. The van der Waals surface area contributed by atoms with Gasteiger partial charge in [0, 0.05) is 0 Å². The first-order valence-corrected chi connectivity index (χ1v) is 5.28. The summed E-state index contributed by atoms with van der Waals surface area (Å²) in [5, 5.41) is 8.47. The summed E-state index contributed by atoms with van der Waals surface area (Å²) in [6, 6.07) is -0.468. The van der Waals surface area contributed by atoms with E-state index in [4.69, 9.17) is 15.6 Å². The second-order valence-corrected chi connectivity index (χ2v) is 4.34. The molecule has 0 saturated carbocycles. The molecule has 0 aromatic heterocycles. The van der Waals surface area contributed by atoms with Crippen molar-refractivity contribution in [3.05, 3.63) is 0 Å². The van der Waals surface area contributed by atoms with E-state index in [9.17, 15) is 9.59 Å². The predicted octanol–water partition coefficient (Wildman–Crippen LogP) is -0.574. The van der Waals surface area contributed by atoms with Crippen LogP contribution in [0.15, 0.2) is 0 Å². The topological polar surface area (TPSA) is 92.9 Å². The summed E-state index contributed by atoms with van der Waals surface area (Å²) in [4.78, 5) is 23.5. The maximum Gasteiger partial charge on any atom is 0.329 e. The zero-order chi connectivity index (χ0) is 12.3. The number of carboxylic acid groups (broad SMARTS) is 1. The Kier molecular flexibility index (Phi) is 3.88. The molecule has 1 fully saturated rings. The third-order valence-corrected chi connectivity index (χ3v) is 2.66. The van der Waals surface area contributed by atoms with E-state index in [0.29, 0.717) is 19.5 Å². The maximum absolute atomic E-state index is 11.6. The number of rotatable bonds is 5. The highest BCUT2D eigenvalue weighted by Gasteiger charge is 2.43. The lowest BCUT2D eigenvalue weighted by Gasteiger charge is -2.47. The molecule has 6 nitrogen and oxygen atoms in total. The van der Waals surface area contributed by atoms with Gasteiger partial charge in [-0.1, -0.05) is 6.92 Å². The summed E-state index contributed by atoms with van der Waals surface area (Å²) in [6.45, 7) is 4.12. The van der Waals surface area contributed by atoms with E-state index in [2.05, 4.69) is 0 Å². The van der Waals surface area contributed by atoms with Crippen LogP contribution < -0.4 is 5.73 Å². The third-order valence-electron chi connectivity index (χ3n) is 2.66. The van der Waals surface area contributed by atoms with Crippen LogP contribution in [0.25, 0.3) is 0 Å². The molecule has 0 unspecified atom stereocenters. The summed E-state index contributed by atoms with van der Waals surface area (Å²) in [5.41, 5.74) is 5.07. The van der Waals surface area contributed by atoms with Gasteiger partial charge < -0.3 is 20.5 Å². The molecule has 0 radical (unpaired) electrons. The van der Waals surface area contributed by atoms with Gasteiger partial charge >= 0.3 is 5.97 Å². The number of carbonyl (C=O) groups is 2. The molecule has 0 aliphatic carbocycles. The molecule has 0 bridgehead atoms. The molecule has 1 heterocycles. The monoisotopic (exact) mass is 230 g/mol. The summed E-state index contributed by atoms with van der Waals surface area (Å²) in [7, 11) is 0. The zero-order valence-electron chi connectivity index (χ0n) is 9.60. The van der Waals surface area contributed by atoms with Gasteiger partial charge in [-0.05, 0) is 13.3 Å². The van der Waals surface area contributed by atoms with Gasteiger partial charge in [-0.25, -0.2) is 4.79 Å². The molecule has 1 amide bonds. The molecular formula is C10H18N2O4. The normalized spacial score (nSPS) is 20.1. The molecule has 1 aliphatic heterocycles. The van der Waals surface area contributed by atoms with E-state index in [1.807, 2.05) is 6.92 Å². The van der Waals surface area contributed by atoms with Crippen LogP contribution in [0.2, 0.25) is 0 Å². The molecule has 0 aromatic rings. The van der Waals surface area contributed by atoms with E-state index in [0.717, 1.165) is 0 Å². The Balaban J connectivity index is 2.35. The first kappa shape index (κ1) is 12.9. The minimum Gasteiger partial charge on any atom is -0.480 e. The number of nitrogens with zero attached hydrogens (tertiary/aromatic N) is 1. The second-order valence-electron chi connectivity index (χ2n) is 4.34. The van der Waals surface area contributed by atoms with Crippen molar-refractivity contribution in [2.24, 2.45) is 5.73 Å². The number of ether oxygens (including phenoxy) is 1. The van der Waals surface area contributed by atoms with E-state index < -0.39 is 17.6 Å². The van der Waals surface area contributed by atoms with Crippen molar-refractivity contribution >= 4 is 11.9 Å². The standard InChI is InChI=1S/C10H18N2O4/c1-3-7(11)9(15)12-5-10(2,6-12)16-4-8(13)14/h7H,3-6,11H2,1-2H3,(H,13,14)/t7-/m1/s1. The van der Waals surface area contributed by atoms with Crippen molar-refractivity contribution in [3.63, 3.8) is 0 Å². The smallest absolute Gasteiger partial charge is 0.329 e. The van der Waals surface area contributed by atoms with Crippen LogP contribution >= 0.6 is 0 Å². The molecule has 3 N–H and O–H groups in total. The number of nitrogens with two attached hydrogens (primary N) is 1. The van der Waals surface area contributed by atoms with E-state index in [1.54, 1.807) is 11.8 Å². The lowest BCUT2D eigenvalue weighted by Crippen LogP contribution is -2.65. The van der Waals surface area contributed by atoms with Crippen LogP contribution in [0.1, 0.15) is 20.3 Å². The van der Waals surface area contributed by atoms with Gasteiger partial charge in [-0.2, -0.15) is 0 Å². The molecule has 6 heteroatoms. The lowest BCUT2D eigenvalue weighted by atomic mass is 9.95. The molecule has 1 saturated heterocycles. The average molecular weight is 230 g/mol. The van der Waals surface area contributed by atoms with E-state index in [1.165, 1.54) is 0 Å². The molecule has 16 heavy (non-hydrogen) atoms. The predicted molar refractivity (Wildman–Crippen MR) is 56.8 cm³/mol. The number of likely N-dealkylation sites (tertiary alicyclic amines) is 1.